The summed E-state index contributed by atoms with van der Waals surface area (Å²) in [6.07, 6.45) is 4.10. The Hall–Kier alpha value is -1.25. The quantitative estimate of drug-likeness (QED) is 0.715. The molecule has 0 aromatic carbocycles. The summed E-state index contributed by atoms with van der Waals surface area (Å²) in [6.45, 7) is 8.70. The van der Waals surface area contributed by atoms with Crippen molar-refractivity contribution in [2.75, 3.05) is 0 Å². The first-order chi connectivity index (χ1) is 6.59. The van der Waals surface area contributed by atoms with E-state index < -0.39 is 0 Å². The summed E-state index contributed by atoms with van der Waals surface area (Å²) < 4.78 is 4.19. The van der Waals surface area contributed by atoms with Crippen molar-refractivity contribution in [1.29, 1.82) is 0 Å². The van der Waals surface area contributed by atoms with Gasteiger partial charge in [-0.15, -0.1) is 0 Å². The lowest BCUT2D eigenvalue weighted by molar-refractivity contribution is 0.619. The molecule has 0 N–H and O–H groups in total. The first-order valence-electron chi connectivity index (χ1n) is 5.15. The average molecular weight is 191 g/mol. The summed E-state index contributed by atoms with van der Waals surface area (Å²) in [4.78, 5) is 0. The van der Waals surface area contributed by atoms with Gasteiger partial charge in [0.1, 0.15) is 5.65 Å². The van der Waals surface area contributed by atoms with E-state index in [1.807, 2.05) is 10.7 Å². The van der Waals surface area contributed by atoms with Gasteiger partial charge in [-0.1, -0.05) is 13.8 Å². The number of fused-ring (bicyclic) bond motifs is 1. The van der Waals surface area contributed by atoms with Crippen LogP contribution in [-0.4, -0.2) is 14.2 Å². The predicted octanol–water partition coefficient (Wildman–Crippen LogP) is 2.84. The maximum Gasteiger partial charge on any atom is 0.136 e. The van der Waals surface area contributed by atoms with Crippen LogP contribution in [0.15, 0.2) is 18.5 Å². The van der Waals surface area contributed by atoms with E-state index in [0.29, 0.717) is 12.0 Å². The molecule has 0 atom stereocenters. The number of aromatic nitrogens is 3. The van der Waals surface area contributed by atoms with E-state index in [4.69, 9.17) is 0 Å². The van der Waals surface area contributed by atoms with E-state index in [2.05, 4.69) is 49.6 Å². The highest BCUT2D eigenvalue weighted by Gasteiger charge is 2.09. The fourth-order valence-corrected chi connectivity index (χ4v) is 1.64. The second-order valence-corrected chi connectivity index (χ2v) is 4.33. The van der Waals surface area contributed by atoms with E-state index in [0.717, 1.165) is 5.69 Å². The van der Waals surface area contributed by atoms with Crippen LogP contribution in [0, 0.1) is 0 Å². The van der Waals surface area contributed by atoms with Crippen LogP contribution in [0.1, 0.15) is 45.3 Å². The molecular weight excluding hydrogens is 174 g/mol. The molecule has 3 heteroatoms. The van der Waals surface area contributed by atoms with Crippen molar-refractivity contribution < 1.29 is 0 Å². The zero-order chi connectivity index (χ0) is 10.3. The molecule has 2 rings (SSSR count). The molecular formula is C11H17N3. The van der Waals surface area contributed by atoms with Crippen LogP contribution in [0.4, 0.5) is 0 Å². The summed E-state index contributed by atoms with van der Waals surface area (Å²) in [5.74, 6) is 0.496. The smallest absolute Gasteiger partial charge is 0.136 e. The monoisotopic (exact) mass is 191 g/mol. The first-order valence-corrected chi connectivity index (χ1v) is 5.15. The van der Waals surface area contributed by atoms with Gasteiger partial charge in [-0.3, -0.25) is 0 Å². The topological polar surface area (TPSA) is 22.2 Å². The van der Waals surface area contributed by atoms with E-state index in [-0.39, 0.29) is 0 Å². The van der Waals surface area contributed by atoms with E-state index in [1.54, 1.807) is 0 Å². The molecule has 0 aliphatic carbocycles. The van der Waals surface area contributed by atoms with Gasteiger partial charge in [-0.25, -0.2) is 4.52 Å². The van der Waals surface area contributed by atoms with Crippen LogP contribution in [0.3, 0.4) is 0 Å². The van der Waals surface area contributed by atoms with Crippen LogP contribution in [-0.2, 0) is 0 Å². The lowest BCUT2D eigenvalue weighted by Crippen LogP contribution is -1.97. The maximum absolute atomic E-state index is 4.51. The predicted molar refractivity (Wildman–Crippen MR) is 57.7 cm³/mol. The summed E-state index contributed by atoms with van der Waals surface area (Å²) in [6, 6.07) is 2.66. The molecule has 0 saturated carbocycles. The molecule has 0 saturated heterocycles. The highest BCUT2D eigenvalue weighted by atomic mass is 15.3. The molecule has 14 heavy (non-hydrogen) atoms. The summed E-state index contributed by atoms with van der Waals surface area (Å²) >= 11 is 0. The molecule has 0 radical (unpaired) electrons. The van der Waals surface area contributed by atoms with Gasteiger partial charge in [-0.05, 0) is 19.8 Å². The molecule has 0 unspecified atom stereocenters. The molecule has 0 fully saturated rings. The van der Waals surface area contributed by atoms with E-state index in [9.17, 15) is 0 Å². The SMILES string of the molecule is CC(C)c1cc2n(C(C)C)ccn2n1. The average Bonchev–Trinajstić information content (AvgIpc) is 2.58. The number of hydrogen-bond donors (Lipinski definition) is 0. The van der Waals surface area contributed by atoms with Crippen LogP contribution in [0.2, 0.25) is 0 Å². The fraction of sp³-hybridized carbons (Fsp3) is 0.545. The Balaban J connectivity index is 2.56. The standard InChI is InChI=1S/C11H17N3/c1-8(2)10-7-11-13(9(3)4)5-6-14(11)12-10/h5-9H,1-4H3. The molecule has 76 valence electrons. The minimum Gasteiger partial charge on any atom is -0.329 e. The minimum atomic E-state index is 0.490. The first kappa shape index (κ1) is 9.31. The number of rotatable bonds is 2. The normalized spacial score (nSPS) is 12.1. The number of hydrogen-bond acceptors (Lipinski definition) is 1. The van der Waals surface area contributed by atoms with Gasteiger partial charge in [0, 0.05) is 24.5 Å². The van der Waals surface area contributed by atoms with Crippen molar-refractivity contribution in [2.24, 2.45) is 0 Å². The number of imidazole rings is 1. The van der Waals surface area contributed by atoms with Gasteiger partial charge >= 0.3 is 0 Å². The van der Waals surface area contributed by atoms with Crippen molar-refractivity contribution in [3.05, 3.63) is 24.2 Å². The zero-order valence-electron chi connectivity index (χ0n) is 9.23. The molecule has 0 bridgehead atoms. The Bertz CT molecular complexity index is 434. The van der Waals surface area contributed by atoms with E-state index >= 15 is 0 Å². The lowest BCUT2D eigenvalue weighted by atomic mass is 10.1. The maximum atomic E-state index is 4.51. The molecule has 2 heterocycles. The van der Waals surface area contributed by atoms with Gasteiger partial charge in [0.15, 0.2) is 0 Å². The van der Waals surface area contributed by atoms with Crippen molar-refractivity contribution >= 4 is 5.65 Å². The van der Waals surface area contributed by atoms with Gasteiger partial charge in [-0.2, -0.15) is 5.10 Å². The molecule has 0 aliphatic heterocycles. The fourth-order valence-electron chi connectivity index (χ4n) is 1.64. The molecule has 0 amide bonds. The summed E-state index contributed by atoms with van der Waals surface area (Å²) in [5.41, 5.74) is 2.35. The third kappa shape index (κ3) is 1.33. The molecule has 3 nitrogen and oxygen atoms in total. The van der Waals surface area contributed by atoms with Crippen LogP contribution in [0.25, 0.3) is 5.65 Å². The van der Waals surface area contributed by atoms with Crippen molar-refractivity contribution in [3.8, 4) is 0 Å². The highest BCUT2D eigenvalue weighted by Crippen LogP contribution is 2.18. The largest absolute Gasteiger partial charge is 0.329 e. The summed E-state index contributed by atoms with van der Waals surface area (Å²) in [5, 5.41) is 4.51. The number of nitrogens with zero attached hydrogens (tertiary/aromatic N) is 3. The molecule has 0 aliphatic rings. The van der Waals surface area contributed by atoms with Crippen LogP contribution in [0.5, 0.6) is 0 Å². The van der Waals surface area contributed by atoms with Gasteiger partial charge in [0.2, 0.25) is 0 Å². The van der Waals surface area contributed by atoms with E-state index in [1.165, 1.54) is 5.65 Å². The molecule has 2 aromatic heterocycles. The summed E-state index contributed by atoms with van der Waals surface area (Å²) in [7, 11) is 0. The molecule has 2 aromatic rings. The highest BCUT2D eigenvalue weighted by molar-refractivity contribution is 5.42. The van der Waals surface area contributed by atoms with Gasteiger partial charge in [0.05, 0.1) is 5.69 Å². The zero-order valence-corrected chi connectivity index (χ0v) is 9.23. The van der Waals surface area contributed by atoms with Gasteiger partial charge in [0.25, 0.3) is 0 Å². The minimum absolute atomic E-state index is 0.490. The lowest BCUT2D eigenvalue weighted by Gasteiger charge is -2.06. The van der Waals surface area contributed by atoms with Crippen LogP contribution >= 0.6 is 0 Å². The van der Waals surface area contributed by atoms with Crippen LogP contribution < -0.4 is 0 Å². The van der Waals surface area contributed by atoms with Crippen molar-refractivity contribution in [1.82, 2.24) is 14.2 Å². The third-order valence-electron chi connectivity index (χ3n) is 2.52. The second kappa shape index (κ2) is 3.15. The molecule has 0 spiro atoms. The van der Waals surface area contributed by atoms with Crippen molar-refractivity contribution in [2.45, 2.75) is 39.7 Å². The third-order valence-corrected chi connectivity index (χ3v) is 2.52. The second-order valence-electron chi connectivity index (χ2n) is 4.33. The Kier molecular flexibility index (Phi) is 2.10. The van der Waals surface area contributed by atoms with Crippen molar-refractivity contribution in [3.63, 3.8) is 0 Å². The Labute approximate surface area is 84.3 Å². The van der Waals surface area contributed by atoms with Gasteiger partial charge < -0.3 is 4.57 Å². The Morgan fingerprint density at radius 3 is 2.43 bits per heavy atom. The Morgan fingerprint density at radius 1 is 1.14 bits per heavy atom. The Morgan fingerprint density at radius 2 is 1.86 bits per heavy atom.